The second kappa shape index (κ2) is 6.76. The van der Waals surface area contributed by atoms with Crippen LogP contribution in [0.2, 0.25) is 0 Å². The Balaban J connectivity index is 2.08. The van der Waals surface area contributed by atoms with Crippen molar-refractivity contribution >= 4 is 34.5 Å². The van der Waals surface area contributed by atoms with Crippen LogP contribution in [0.25, 0.3) is 0 Å². The summed E-state index contributed by atoms with van der Waals surface area (Å²) in [5, 5.41) is 14.8. The molecule has 2 amide bonds. The first-order valence-electron chi connectivity index (χ1n) is 8.68. The van der Waals surface area contributed by atoms with E-state index in [0.717, 1.165) is 20.9 Å². The summed E-state index contributed by atoms with van der Waals surface area (Å²) in [5.41, 5.74) is 18.3. The highest BCUT2D eigenvalue weighted by Crippen LogP contribution is 2.50. The van der Waals surface area contributed by atoms with Crippen LogP contribution in [0.1, 0.15) is 59.4 Å². The van der Waals surface area contributed by atoms with Gasteiger partial charge >= 0.3 is 0 Å². The average molecular weight is 418 g/mol. The van der Waals surface area contributed by atoms with Gasteiger partial charge < -0.3 is 17.2 Å². The monoisotopic (exact) mass is 417 g/mol. The van der Waals surface area contributed by atoms with Gasteiger partial charge in [0.1, 0.15) is 0 Å². The molecule has 0 saturated carbocycles. The summed E-state index contributed by atoms with van der Waals surface area (Å²) < 4.78 is 0. The fourth-order valence-corrected chi connectivity index (χ4v) is 6.12. The third kappa shape index (κ3) is 2.82. The molecule has 3 heterocycles. The number of rotatable bonds is 5. The lowest BCUT2D eigenvalue weighted by Gasteiger charge is -2.32. The number of aromatic amines is 1. The molecule has 0 bridgehead atoms. The highest BCUT2D eigenvalue weighted by Gasteiger charge is 2.47. The van der Waals surface area contributed by atoms with Crippen molar-refractivity contribution in [2.45, 2.75) is 37.6 Å². The van der Waals surface area contributed by atoms with Gasteiger partial charge in [-0.15, -0.1) is 32.9 Å². The molecule has 3 aromatic heterocycles. The predicted molar refractivity (Wildman–Crippen MR) is 105 cm³/mol. The highest BCUT2D eigenvalue weighted by atomic mass is 32.1. The van der Waals surface area contributed by atoms with Crippen LogP contribution in [0.3, 0.4) is 0 Å². The van der Waals surface area contributed by atoms with Gasteiger partial charge in [0.25, 0.3) is 11.8 Å². The molecule has 1 aliphatic rings. The minimum Gasteiger partial charge on any atom is -0.365 e. The van der Waals surface area contributed by atoms with E-state index >= 15 is 0 Å². The Morgan fingerprint density at radius 2 is 1.68 bits per heavy atom. The van der Waals surface area contributed by atoms with Crippen LogP contribution in [-0.4, -0.2) is 38.5 Å². The smallest absolute Gasteiger partial charge is 0.258 e. The molecule has 28 heavy (non-hydrogen) atoms. The van der Waals surface area contributed by atoms with Crippen LogP contribution < -0.4 is 17.2 Å². The Morgan fingerprint density at radius 3 is 2.07 bits per heavy atom. The lowest BCUT2D eigenvalue weighted by Crippen LogP contribution is -2.37. The van der Waals surface area contributed by atoms with Gasteiger partial charge in [-0.05, 0) is 49.4 Å². The second-order valence-electron chi connectivity index (χ2n) is 6.95. The summed E-state index contributed by atoms with van der Waals surface area (Å²) in [5.74, 6) is -0.523. The lowest BCUT2D eigenvalue weighted by atomic mass is 9.70. The van der Waals surface area contributed by atoms with E-state index in [0.29, 0.717) is 34.8 Å². The number of fused-ring (bicyclic) bond motifs is 2. The third-order valence-corrected chi connectivity index (χ3v) is 7.38. The van der Waals surface area contributed by atoms with Gasteiger partial charge in [0.05, 0.1) is 15.2 Å². The van der Waals surface area contributed by atoms with E-state index in [1.807, 2.05) is 6.92 Å². The molecular weight excluding hydrogens is 398 g/mol. The highest BCUT2D eigenvalue weighted by molar-refractivity contribution is 7.15. The number of hydrogen-bond donors (Lipinski definition) is 4. The summed E-state index contributed by atoms with van der Waals surface area (Å²) in [6.07, 6.45) is 1.88. The molecule has 0 saturated heterocycles. The maximum absolute atomic E-state index is 11.9. The average Bonchev–Trinajstić information content (AvgIpc) is 3.35. The van der Waals surface area contributed by atoms with Crippen molar-refractivity contribution in [2.75, 3.05) is 0 Å². The number of H-pyrrole nitrogens is 1. The van der Waals surface area contributed by atoms with Gasteiger partial charge in [0.2, 0.25) is 0 Å². The Morgan fingerprint density at radius 1 is 1.14 bits per heavy atom. The molecule has 11 heteroatoms. The van der Waals surface area contributed by atoms with Gasteiger partial charge in [0.15, 0.2) is 5.82 Å². The summed E-state index contributed by atoms with van der Waals surface area (Å²) in [7, 11) is 0. The number of thiophene rings is 2. The van der Waals surface area contributed by atoms with E-state index in [1.165, 1.54) is 22.7 Å². The Labute approximate surface area is 168 Å². The number of carbonyl (C=O) groups excluding carboxylic acids is 2. The van der Waals surface area contributed by atoms with E-state index in [1.54, 1.807) is 12.1 Å². The zero-order valence-corrected chi connectivity index (χ0v) is 16.7. The van der Waals surface area contributed by atoms with Crippen molar-refractivity contribution in [2.24, 2.45) is 17.2 Å². The first-order valence-corrected chi connectivity index (χ1v) is 10.3. The van der Waals surface area contributed by atoms with Crippen LogP contribution in [0.4, 0.5) is 0 Å². The quantitative estimate of drug-likeness (QED) is 0.476. The van der Waals surface area contributed by atoms with E-state index in [-0.39, 0.29) is 6.04 Å². The molecule has 0 fully saturated rings. The van der Waals surface area contributed by atoms with Gasteiger partial charge in [-0.25, -0.2) is 0 Å². The van der Waals surface area contributed by atoms with Crippen LogP contribution in [0, 0.1) is 0 Å². The molecule has 0 aromatic carbocycles. The van der Waals surface area contributed by atoms with Crippen LogP contribution in [0.15, 0.2) is 12.1 Å². The van der Waals surface area contributed by atoms with Crippen molar-refractivity contribution in [3.05, 3.63) is 48.6 Å². The van der Waals surface area contributed by atoms with Crippen molar-refractivity contribution in [3.63, 3.8) is 0 Å². The van der Waals surface area contributed by atoms with Crippen molar-refractivity contribution in [1.29, 1.82) is 0 Å². The van der Waals surface area contributed by atoms with Crippen molar-refractivity contribution < 1.29 is 9.59 Å². The van der Waals surface area contributed by atoms with E-state index < -0.39 is 17.2 Å². The van der Waals surface area contributed by atoms with E-state index in [2.05, 4.69) is 20.6 Å². The number of nitrogens with zero attached hydrogens (tertiary/aromatic N) is 3. The molecule has 3 aromatic rings. The van der Waals surface area contributed by atoms with Crippen molar-refractivity contribution in [1.82, 2.24) is 20.6 Å². The van der Waals surface area contributed by atoms with Crippen LogP contribution in [-0.2, 0) is 18.3 Å². The third-order valence-electron chi connectivity index (χ3n) is 4.96. The first kappa shape index (κ1) is 18.7. The molecule has 0 unspecified atom stereocenters. The number of amides is 2. The molecular formula is C17H19N7O2S2. The predicted octanol–water partition coefficient (Wildman–Crippen LogP) is 0.691. The molecule has 4 rings (SSSR count). The number of nitrogens with one attached hydrogen (secondary N) is 1. The summed E-state index contributed by atoms with van der Waals surface area (Å²) in [6, 6.07) is 3.39. The molecule has 9 nitrogen and oxygen atoms in total. The zero-order chi connectivity index (χ0) is 20.1. The summed E-state index contributed by atoms with van der Waals surface area (Å²) in [6.45, 7) is 1.90. The Hall–Kier alpha value is -2.63. The zero-order valence-electron chi connectivity index (χ0n) is 15.1. The second-order valence-corrected chi connectivity index (χ2v) is 9.22. The van der Waals surface area contributed by atoms with E-state index in [9.17, 15) is 9.59 Å². The van der Waals surface area contributed by atoms with Gasteiger partial charge in [-0.3, -0.25) is 9.59 Å². The fraction of sp³-hybridized carbons (Fsp3) is 0.353. The normalized spacial score (nSPS) is 16.1. The number of aromatic nitrogens is 4. The number of hydrogen-bond acceptors (Lipinski definition) is 8. The fourth-order valence-electron chi connectivity index (χ4n) is 3.94. The van der Waals surface area contributed by atoms with Gasteiger partial charge in [0, 0.05) is 15.8 Å². The van der Waals surface area contributed by atoms with Gasteiger partial charge in [-0.1, -0.05) is 5.21 Å². The number of primary amides is 2. The van der Waals surface area contributed by atoms with Gasteiger partial charge in [-0.2, -0.15) is 5.21 Å². The first-order chi connectivity index (χ1) is 13.3. The standard InChI is InChI=1S/C17H19N7O2S2/c1-7(18)6-17(16-21-23-24-22-16)8-4-12(14(19)25)27-10(8)2-3-11-9(17)5-13(28-11)15(20)26/h4-5,7H,2-3,6,18H2,1H3,(H2,19,25)(H2,20,26)(H,21,22,23,24)/t7-/m1/s1. The number of tetrazole rings is 1. The largest absolute Gasteiger partial charge is 0.365 e. The SMILES string of the molecule is C[C@@H](N)CC1(c2nn[nH]n2)c2cc(C(N)=O)sc2CCc2sc(C(N)=O)cc21. The van der Waals surface area contributed by atoms with Crippen molar-refractivity contribution in [3.8, 4) is 0 Å². The minimum absolute atomic E-state index is 0.217. The maximum atomic E-state index is 11.9. The molecule has 7 N–H and O–H groups in total. The Kier molecular flexibility index (Phi) is 4.52. The molecule has 0 radical (unpaired) electrons. The minimum atomic E-state index is -0.850. The molecule has 1 aliphatic carbocycles. The molecule has 0 aliphatic heterocycles. The molecule has 146 valence electrons. The summed E-state index contributed by atoms with van der Waals surface area (Å²) in [4.78, 5) is 26.7. The summed E-state index contributed by atoms with van der Waals surface area (Å²) >= 11 is 2.76. The number of nitrogens with two attached hydrogens (primary N) is 3. The van der Waals surface area contributed by atoms with Crippen LogP contribution >= 0.6 is 22.7 Å². The number of carbonyl (C=O) groups is 2. The number of aryl methyl sites for hydroxylation is 2. The molecule has 1 atom stereocenters. The molecule has 0 spiro atoms. The lowest BCUT2D eigenvalue weighted by molar-refractivity contribution is 0.0995. The van der Waals surface area contributed by atoms with E-state index in [4.69, 9.17) is 17.2 Å². The Bertz CT molecular complexity index is 992. The maximum Gasteiger partial charge on any atom is 0.258 e. The topological polar surface area (TPSA) is 167 Å². The van der Waals surface area contributed by atoms with Crippen LogP contribution in [0.5, 0.6) is 0 Å².